The lowest BCUT2D eigenvalue weighted by Gasteiger charge is -2.33. The molecule has 1 aromatic rings. The molecule has 1 aromatic carbocycles. The molecule has 0 unspecified atom stereocenters. The normalized spacial score (nSPS) is 23.4. The number of Topliss-reactive ketones (excluding diaryl/α,β-unsaturated/α-hetero) is 2. The van der Waals surface area contributed by atoms with Gasteiger partial charge in [-0.3, -0.25) is 14.4 Å². The number of fused-ring (bicyclic) bond motifs is 1. The summed E-state index contributed by atoms with van der Waals surface area (Å²) in [6.07, 6.45) is -1.27. The van der Waals surface area contributed by atoms with E-state index in [4.69, 9.17) is 14.6 Å². The maximum Gasteiger partial charge on any atom is 0.305 e. The minimum atomic E-state index is -0.994. The van der Waals surface area contributed by atoms with Gasteiger partial charge in [-0.1, -0.05) is 0 Å². The Morgan fingerprint density at radius 1 is 1.30 bits per heavy atom. The van der Waals surface area contributed by atoms with E-state index in [1.165, 1.54) is 7.11 Å². The summed E-state index contributed by atoms with van der Waals surface area (Å²) >= 11 is 0. The van der Waals surface area contributed by atoms with Gasteiger partial charge in [0.1, 0.15) is 5.75 Å². The number of ketones is 2. The van der Waals surface area contributed by atoms with Gasteiger partial charge in [0.2, 0.25) is 0 Å². The highest BCUT2D eigenvalue weighted by atomic mass is 16.5. The van der Waals surface area contributed by atoms with Crippen LogP contribution < -0.4 is 4.74 Å². The lowest BCUT2D eigenvalue weighted by Crippen LogP contribution is -2.38. The van der Waals surface area contributed by atoms with E-state index in [0.29, 0.717) is 28.0 Å². The molecule has 1 aliphatic carbocycles. The van der Waals surface area contributed by atoms with Crippen LogP contribution >= 0.6 is 0 Å². The van der Waals surface area contributed by atoms with Gasteiger partial charge in [-0.05, 0) is 25.1 Å². The summed E-state index contributed by atoms with van der Waals surface area (Å²) in [6.45, 7) is 1.67. The van der Waals surface area contributed by atoms with Crippen molar-refractivity contribution < 1.29 is 29.0 Å². The van der Waals surface area contributed by atoms with Crippen molar-refractivity contribution in [2.45, 2.75) is 32.0 Å². The van der Waals surface area contributed by atoms with E-state index in [-0.39, 0.29) is 24.4 Å². The number of carboxylic acids is 1. The first kappa shape index (κ1) is 15.4. The van der Waals surface area contributed by atoms with Crippen LogP contribution in [0.5, 0.6) is 5.75 Å². The second kappa shape index (κ2) is 5.62. The minimum Gasteiger partial charge on any atom is -0.497 e. The lowest BCUT2D eigenvalue weighted by molar-refractivity contribution is -0.141. The predicted molar refractivity (Wildman–Crippen MR) is 79.9 cm³/mol. The van der Waals surface area contributed by atoms with Crippen LogP contribution in [-0.4, -0.2) is 42.0 Å². The predicted octanol–water partition coefficient (Wildman–Crippen LogP) is 2.02. The summed E-state index contributed by atoms with van der Waals surface area (Å²) in [6, 6.07) is 4.76. The van der Waals surface area contributed by atoms with Crippen LogP contribution in [0.25, 0.3) is 0 Å². The molecule has 1 N–H and O–H groups in total. The molecule has 0 amide bonds. The fraction of sp³-hybridized carbons (Fsp3) is 0.353. The van der Waals surface area contributed by atoms with E-state index in [0.717, 1.165) is 0 Å². The average Bonchev–Trinajstić information content (AvgIpc) is 2.51. The van der Waals surface area contributed by atoms with Gasteiger partial charge in [0.15, 0.2) is 11.6 Å². The first-order valence-electron chi connectivity index (χ1n) is 7.30. The second-order valence-corrected chi connectivity index (χ2v) is 5.66. The molecule has 1 heterocycles. The Labute approximate surface area is 132 Å². The fourth-order valence-electron chi connectivity index (χ4n) is 3.18. The van der Waals surface area contributed by atoms with Gasteiger partial charge in [-0.15, -0.1) is 0 Å². The quantitative estimate of drug-likeness (QED) is 0.917. The van der Waals surface area contributed by atoms with E-state index >= 15 is 0 Å². The number of methoxy groups -OCH3 is 1. The van der Waals surface area contributed by atoms with Crippen LogP contribution in [0.15, 0.2) is 29.3 Å². The zero-order valence-electron chi connectivity index (χ0n) is 12.8. The molecule has 3 rings (SSSR count). The number of carboxylic acid groups (broad SMARTS) is 1. The summed E-state index contributed by atoms with van der Waals surface area (Å²) in [5.74, 6) is -0.981. The van der Waals surface area contributed by atoms with Crippen molar-refractivity contribution in [3.8, 4) is 5.75 Å². The van der Waals surface area contributed by atoms with Gasteiger partial charge < -0.3 is 14.6 Å². The molecule has 0 saturated carbocycles. The fourth-order valence-corrected chi connectivity index (χ4v) is 3.18. The molecule has 6 nitrogen and oxygen atoms in total. The number of carbonyl (C=O) groups excluding carboxylic acids is 2. The van der Waals surface area contributed by atoms with Gasteiger partial charge >= 0.3 is 5.97 Å². The zero-order valence-corrected chi connectivity index (χ0v) is 12.8. The van der Waals surface area contributed by atoms with Gasteiger partial charge in [0.05, 0.1) is 25.7 Å². The van der Waals surface area contributed by atoms with Crippen molar-refractivity contribution >= 4 is 17.5 Å². The Bertz CT molecular complexity index is 745. The first-order valence-corrected chi connectivity index (χ1v) is 7.30. The molecule has 2 aliphatic rings. The number of carbonyl (C=O) groups is 3. The van der Waals surface area contributed by atoms with Crippen LogP contribution in [-0.2, 0) is 9.53 Å². The first-order chi connectivity index (χ1) is 10.9. The number of hydrogen-bond acceptors (Lipinski definition) is 5. The van der Waals surface area contributed by atoms with Crippen molar-refractivity contribution in [1.29, 1.82) is 0 Å². The van der Waals surface area contributed by atoms with Crippen LogP contribution in [0, 0.1) is 0 Å². The van der Waals surface area contributed by atoms with E-state index in [1.807, 2.05) is 0 Å². The molecule has 0 fully saturated rings. The molecule has 2 atom stereocenters. The van der Waals surface area contributed by atoms with Crippen molar-refractivity contribution in [2.24, 2.45) is 0 Å². The monoisotopic (exact) mass is 316 g/mol. The molecule has 23 heavy (non-hydrogen) atoms. The SMILES string of the molecule is COc1ccc2c(c1)C(=O)C1=C(C[C@H](CC(=O)O)O[C@@H]1C)C2=O. The Kier molecular flexibility index (Phi) is 3.77. The van der Waals surface area contributed by atoms with Crippen molar-refractivity contribution in [2.75, 3.05) is 7.11 Å². The zero-order chi connectivity index (χ0) is 16.7. The van der Waals surface area contributed by atoms with E-state index in [9.17, 15) is 14.4 Å². The average molecular weight is 316 g/mol. The highest BCUT2D eigenvalue weighted by molar-refractivity contribution is 6.27. The Morgan fingerprint density at radius 2 is 2.04 bits per heavy atom. The summed E-state index contributed by atoms with van der Waals surface area (Å²) in [4.78, 5) is 36.3. The summed E-state index contributed by atoms with van der Waals surface area (Å²) in [5, 5.41) is 8.92. The topological polar surface area (TPSA) is 89.9 Å². The number of aliphatic carboxylic acids is 1. The highest BCUT2D eigenvalue weighted by Crippen LogP contribution is 2.37. The maximum absolute atomic E-state index is 12.7. The van der Waals surface area contributed by atoms with Crippen molar-refractivity contribution in [3.05, 3.63) is 40.5 Å². The number of ether oxygens (including phenoxy) is 2. The lowest BCUT2D eigenvalue weighted by atomic mass is 9.78. The smallest absolute Gasteiger partial charge is 0.305 e. The third-order valence-electron chi connectivity index (χ3n) is 4.20. The maximum atomic E-state index is 12.7. The molecule has 0 saturated heterocycles. The van der Waals surface area contributed by atoms with Gasteiger partial charge in [0.25, 0.3) is 0 Å². The highest BCUT2D eigenvalue weighted by Gasteiger charge is 2.40. The molecule has 1 aliphatic heterocycles. The molecule has 0 spiro atoms. The molecule has 0 radical (unpaired) electrons. The minimum absolute atomic E-state index is 0.141. The Hall–Kier alpha value is -2.47. The number of rotatable bonds is 3. The van der Waals surface area contributed by atoms with Crippen LogP contribution in [0.2, 0.25) is 0 Å². The largest absolute Gasteiger partial charge is 0.497 e. The summed E-state index contributed by atoms with van der Waals surface area (Å²) < 4.78 is 10.7. The van der Waals surface area contributed by atoms with E-state index in [2.05, 4.69) is 0 Å². The molecule has 0 bridgehead atoms. The Morgan fingerprint density at radius 3 is 2.70 bits per heavy atom. The van der Waals surface area contributed by atoms with E-state index < -0.39 is 18.2 Å². The molecular weight excluding hydrogens is 300 g/mol. The van der Waals surface area contributed by atoms with Gasteiger partial charge in [-0.25, -0.2) is 0 Å². The van der Waals surface area contributed by atoms with Crippen LogP contribution in [0.3, 0.4) is 0 Å². The van der Waals surface area contributed by atoms with Crippen molar-refractivity contribution in [3.63, 3.8) is 0 Å². The molecule has 6 heteroatoms. The second-order valence-electron chi connectivity index (χ2n) is 5.66. The van der Waals surface area contributed by atoms with E-state index in [1.54, 1.807) is 25.1 Å². The third kappa shape index (κ3) is 2.55. The van der Waals surface area contributed by atoms with Gasteiger partial charge in [-0.2, -0.15) is 0 Å². The van der Waals surface area contributed by atoms with Crippen LogP contribution in [0.4, 0.5) is 0 Å². The van der Waals surface area contributed by atoms with Crippen LogP contribution in [0.1, 0.15) is 40.5 Å². The molecule has 120 valence electrons. The summed E-state index contributed by atoms with van der Waals surface area (Å²) in [7, 11) is 1.49. The summed E-state index contributed by atoms with van der Waals surface area (Å²) in [5.41, 5.74) is 1.34. The van der Waals surface area contributed by atoms with Crippen molar-refractivity contribution in [1.82, 2.24) is 0 Å². The molecule has 0 aromatic heterocycles. The number of hydrogen-bond donors (Lipinski definition) is 1. The van der Waals surface area contributed by atoms with Gasteiger partial charge in [0, 0.05) is 28.7 Å². The number of benzene rings is 1. The standard InChI is InChI=1S/C17H16O6/c1-8-15-13(6-10(23-8)7-14(18)19)16(20)11-4-3-9(22-2)5-12(11)17(15)21/h3-5,8,10H,6-7H2,1-2H3,(H,18,19)/t8-,10-/m1/s1. The third-order valence-corrected chi connectivity index (χ3v) is 4.20. The molecular formula is C17H16O6. The Balaban J connectivity index is 2.04.